The number of ether oxygens (including phenoxy) is 1. The van der Waals surface area contributed by atoms with E-state index in [0.29, 0.717) is 45.1 Å². The summed E-state index contributed by atoms with van der Waals surface area (Å²) in [5, 5.41) is 2.74. The third kappa shape index (κ3) is 5.17. The number of rotatable bonds is 7. The average Bonchev–Trinajstić information content (AvgIpc) is 2.76. The Kier molecular flexibility index (Phi) is 7.53. The molecular weight excluding hydrogens is 445 g/mol. The highest BCUT2D eigenvalue weighted by Gasteiger charge is 2.26. The summed E-state index contributed by atoms with van der Waals surface area (Å²) in [6, 6.07) is 8.39. The van der Waals surface area contributed by atoms with Gasteiger partial charge >= 0.3 is 0 Å². The molecule has 0 radical (unpaired) electrons. The zero-order valence-corrected chi connectivity index (χ0v) is 19.0. The van der Waals surface area contributed by atoms with Crippen molar-refractivity contribution >= 4 is 38.9 Å². The van der Waals surface area contributed by atoms with Gasteiger partial charge in [0.2, 0.25) is 10.0 Å². The fraction of sp³-hybridized carbons (Fsp3) is 0.381. The normalized spacial score (nSPS) is 14.7. The molecule has 7 nitrogen and oxygen atoms in total. The molecule has 1 amide bonds. The zero-order chi connectivity index (χ0) is 22.6. The maximum Gasteiger partial charge on any atom is 0.257 e. The quantitative estimate of drug-likeness (QED) is 0.670. The van der Waals surface area contributed by atoms with E-state index in [4.69, 9.17) is 16.3 Å². The largest absolute Gasteiger partial charge is 0.378 e. The Morgan fingerprint density at radius 3 is 2.45 bits per heavy atom. The van der Waals surface area contributed by atoms with Gasteiger partial charge in [0, 0.05) is 36.9 Å². The number of hydrogen-bond acceptors (Lipinski definition) is 5. The Morgan fingerprint density at radius 1 is 1.16 bits per heavy atom. The number of nitrogens with one attached hydrogen (secondary N) is 1. The van der Waals surface area contributed by atoms with Crippen LogP contribution in [0.3, 0.4) is 0 Å². The van der Waals surface area contributed by atoms with Crippen LogP contribution >= 0.6 is 11.6 Å². The topological polar surface area (TPSA) is 79.0 Å². The number of anilines is 2. The lowest BCUT2D eigenvalue weighted by atomic mass is 10.1. The Hall–Kier alpha value is -2.20. The zero-order valence-electron chi connectivity index (χ0n) is 17.4. The highest BCUT2D eigenvalue weighted by atomic mass is 35.5. The molecule has 2 aromatic carbocycles. The summed E-state index contributed by atoms with van der Waals surface area (Å²) in [6.07, 6.45) is 0. The first-order valence-corrected chi connectivity index (χ1v) is 11.8. The van der Waals surface area contributed by atoms with Gasteiger partial charge < -0.3 is 15.0 Å². The summed E-state index contributed by atoms with van der Waals surface area (Å²) in [5.41, 5.74) is 0.664. The van der Waals surface area contributed by atoms with Crippen molar-refractivity contribution in [1.29, 1.82) is 0 Å². The number of nitrogens with zero attached hydrogens (tertiary/aromatic N) is 2. The summed E-state index contributed by atoms with van der Waals surface area (Å²) in [5.74, 6) is -1.29. The molecule has 0 spiro atoms. The fourth-order valence-corrected chi connectivity index (χ4v) is 5.07. The second-order valence-corrected chi connectivity index (χ2v) is 9.32. The van der Waals surface area contributed by atoms with Crippen LogP contribution in [-0.2, 0) is 14.8 Å². The van der Waals surface area contributed by atoms with Crippen molar-refractivity contribution < 1.29 is 22.3 Å². The van der Waals surface area contributed by atoms with E-state index >= 15 is 0 Å². The number of sulfonamides is 1. The second-order valence-electron chi connectivity index (χ2n) is 6.95. The van der Waals surface area contributed by atoms with E-state index in [0.717, 1.165) is 6.07 Å². The van der Waals surface area contributed by atoms with Gasteiger partial charge in [-0.3, -0.25) is 4.79 Å². The summed E-state index contributed by atoms with van der Waals surface area (Å²) in [4.78, 5) is 15.1. The van der Waals surface area contributed by atoms with E-state index in [1.165, 1.54) is 28.6 Å². The monoisotopic (exact) mass is 469 g/mol. The first-order valence-electron chi connectivity index (χ1n) is 10.0. The lowest BCUT2D eigenvalue weighted by Gasteiger charge is -2.30. The van der Waals surface area contributed by atoms with Crippen LogP contribution in [0, 0.1) is 5.82 Å². The Bertz CT molecular complexity index is 1050. The molecule has 31 heavy (non-hydrogen) atoms. The van der Waals surface area contributed by atoms with Gasteiger partial charge in [0.05, 0.1) is 29.4 Å². The Balaban J connectivity index is 2.04. The van der Waals surface area contributed by atoms with Gasteiger partial charge in [0.1, 0.15) is 5.82 Å². The number of benzene rings is 2. The molecule has 1 N–H and O–H groups in total. The predicted octanol–water partition coefficient (Wildman–Crippen LogP) is 3.60. The van der Waals surface area contributed by atoms with Crippen LogP contribution in [-0.4, -0.2) is 58.0 Å². The first kappa shape index (κ1) is 23.5. The van der Waals surface area contributed by atoms with E-state index in [-0.39, 0.29) is 21.2 Å². The van der Waals surface area contributed by atoms with Crippen molar-refractivity contribution in [2.45, 2.75) is 18.7 Å². The maximum absolute atomic E-state index is 14.2. The minimum atomic E-state index is -3.77. The van der Waals surface area contributed by atoms with Crippen LogP contribution in [0.1, 0.15) is 24.2 Å². The number of amides is 1. The molecule has 1 saturated heterocycles. The summed E-state index contributed by atoms with van der Waals surface area (Å²) in [7, 11) is -3.77. The molecule has 1 fully saturated rings. The van der Waals surface area contributed by atoms with Crippen LogP contribution in [0.15, 0.2) is 41.3 Å². The summed E-state index contributed by atoms with van der Waals surface area (Å²) < 4.78 is 46.9. The summed E-state index contributed by atoms with van der Waals surface area (Å²) in [6.45, 7) is 6.21. The van der Waals surface area contributed by atoms with Gasteiger partial charge in [-0.15, -0.1) is 0 Å². The van der Waals surface area contributed by atoms with Gasteiger partial charge in [-0.2, -0.15) is 4.31 Å². The molecule has 3 rings (SSSR count). The maximum atomic E-state index is 14.2. The van der Waals surface area contributed by atoms with Crippen molar-refractivity contribution in [3.63, 3.8) is 0 Å². The van der Waals surface area contributed by atoms with E-state index in [9.17, 15) is 17.6 Å². The van der Waals surface area contributed by atoms with Gasteiger partial charge in [-0.25, -0.2) is 12.8 Å². The van der Waals surface area contributed by atoms with Crippen molar-refractivity contribution in [3.05, 3.63) is 52.8 Å². The van der Waals surface area contributed by atoms with E-state index in [2.05, 4.69) is 5.32 Å². The predicted molar refractivity (Wildman–Crippen MR) is 119 cm³/mol. The number of hydrogen-bond donors (Lipinski definition) is 1. The Labute approximate surface area is 186 Å². The minimum absolute atomic E-state index is 0.00920. The molecule has 2 aromatic rings. The first-order chi connectivity index (χ1) is 14.8. The van der Waals surface area contributed by atoms with Gasteiger partial charge in [0.25, 0.3) is 5.91 Å². The van der Waals surface area contributed by atoms with Crippen LogP contribution in [0.5, 0.6) is 0 Å². The van der Waals surface area contributed by atoms with Gasteiger partial charge in [-0.05, 0) is 36.4 Å². The van der Waals surface area contributed by atoms with Crippen molar-refractivity contribution in [2.75, 3.05) is 49.6 Å². The molecule has 10 heteroatoms. The highest BCUT2D eigenvalue weighted by Crippen LogP contribution is 2.28. The highest BCUT2D eigenvalue weighted by molar-refractivity contribution is 7.89. The van der Waals surface area contributed by atoms with Crippen LogP contribution in [0.25, 0.3) is 0 Å². The molecule has 0 aliphatic carbocycles. The minimum Gasteiger partial charge on any atom is -0.378 e. The number of morpholine rings is 1. The van der Waals surface area contributed by atoms with Crippen molar-refractivity contribution in [3.8, 4) is 0 Å². The fourth-order valence-electron chi connectivity index (χ4n) is 3.43. The average molecular weight is 470 g/mol. The van der Waals surface area contributed by atoms with E-state index in [1.807, 2.05) is 4.90 Å². The summed E-state index contributed by atoms with van der Waals surface area (Å²) >= 11 is 5.78. The van der Waals surface area contributed by atoms with Crippen molar-refractivity contribution in [1.82, 2.24) is 4.31 Å². The lowest BCUT2D eigenvalue weighted by molar-refractivity contribution is 0.102. The molecule has 0 atom stereocenters. The third-order valence-corrected chi connectivity index (χ3v) is 7.37. The van der Waals surface area contributed by atoms with E-state index < -0.39 is 21.7 Å². The lowest BCUT2D eigenvalue weighted by Crippen LogP contribution is -2.37. The SMILES string of the molecule is CCN(CC)S(=O)(=O)c1ccc(N2CCOCC2)c(C(=O)Nc2ccc(Cl)cc2F)c1. The molecule has 1 heterocycles. The molecule has 1 aliphatic heterocycles. The third-order valence-electron chi connectivity index (χ3n) is 5.09. The molecule has 1 aliphatic rings. The standard InChI is InChI=1S/C21H25ClFN3O4S/c1-3-26(4-2)31(28,29)16-6-8-20(25-9-11-30-12-10-25)17(14-16)21(27)24-19-7-5-15(22)13-18(19)23/h5-8,13-14H,3-4,9-12H2,1-2H3,(H,24,27). The van der Waals surface area contributed by atoms with Gasteiger partial charge in [-0.1, -0.05) is 25.4 Å². The molecule has 0 saturated carbocycles. The molecular formula is C21H25ClFN3O4S. The van der Waals surface area contributed by atoms with Crippen LogP contribution < -0.4 is 10.2 Å². The van der Waals surface area contributed by atoms with Crippen LogP contribution in [0.2, 0.25) is 5.02 Å². The van der Waals surface area contributed by atoms with Crippen LogP contribution in [0.4, 0.5) is 15.8 Å². The van der Waals surface area contributed by atoms with Crippen molar-refractivity contribution in [2.24, 2.45) is 0 Å². The van der Waals surface area contributed by atoms with E-state index in [1.54, 1.807) is 19.9 Å². The number of halogens is 2. The molecule has 0 unspecified atom stereocenters. The Morgan fingerprint density at radius 2 is 1.84 bits per heavy atom. The molecule has 168 valence electrons. The van der Waals surface area contributed by atoms with Gasteiger partial charge in [0.15, 0.2) is 0 Å². The second kappa shape index (κ2) is 9.95. The number of carbonyl (C=O) groups excluding carboxylic acids is 1. The molecule has 0 bridgehead atoms. The smallest absolute Gasteiger partial charge is 0.257 e. The molecule has 0 aromatic heterocycles. The number of carbonyl (C=O) groups is 1.